The van der Waals surface area contributed by atoms with Crippen LogP contribution in [0.3, 0.4) is 0 Å². The summed E-state index contributed by atoms with van der Waals surface area (Å²) >= 11 is 5.97. The number of benzene rings is 1. The van der Waals surface area contributed by atoms with Crippen LogP contribution in [0.4, 0.5) is 16.2 Å². The minimum atomic E-state index is -0.837. The fourth-order valence-electron chi connectivity index (χ4n) is 1.38. The van der Waals surface area contributed by atoms with E-state index >= 15 is 0 Å². The zero-order valence-corrected chi connectivity index (χ0v) is 12.3. The second kappa shape index (κ2) is 5.96. The smallest absolute Gasteiger partial charge is 0.412 e. The number of halogens is 1. The molecule has 1 amide bonds. The van der Waals surface area contributed by atoms with Crippen LogP contribution in [0.2, 0.25) is 5.02 Å². The highest BCUT2D eigenvalue weighted by molar-refractivity contribution is 6.35. The first-order chi connectivity index (χ1) is 9.15. The van der Waals surface area contributed by atoms with Crippen LogP contribution in [-0.2, 0) is 4.74 Å². The Morgan fingerprint density at radius 2 is 2.00 bits per heavy atom. The molecule has 1 aromatic rings. The monoisotopic (exact) mass is 302 g/mol. The third kappa shape index (κ3) is 3.99. The first-order valence-electron chi connectivity index (χ1n) is 5.66. The number of carbonyl (C=O) groups excluding carboxylic acids is 1. The number of rotatable bonds is 3. The van der Waals surface area contributed by atoms with E-state index in [9.17, 15) is 14.9 Å². The van der Waals surface area contributed by atoms with E-state index in [0.717, 1.165) is 0 Å². The van der Waals surface area contributed by atoms with E-state index in [0.29, 0.717) is 0 Å². The fourth-order valence-corrected chi connectivity index (χ4v) is 1.67. The fraction of sp³-hybridized carbons (Fsp3) is 0.417. The van der Waals surface area contributed by atoms with Crippen LogP contribution in [-0.4, -0.2) is 23.7 Å². The van der Waals surface area contributed by atoms with Gasteiger partial charge in [-0.2, -0.15) is 0 Å². The molecule has 0 radical (unpaired) electrons. The van der Waals surface area contributed by atoms with Gasteiger partial charge in [-0.15, -0.1) is 0 Å². The molecule has 0 heterocycles. The van der Waals surface area contributed by atoms with Gasteiger partial charge in [-0.3, -0.25) is 15.4 Å². The Labute approximate surface area is 121 Å². The molecule has 1 rings (SSSR count). The Hall–Kier alpha value is -2.02. The van der Waals surface area contributed by atoms with Crippen molar-refractivity contribution in [1.82, 2.24) is 0 Å². The first-order valence-corrected chi connectivity index (χ1v) is 6.04. The summed E-state index contributed by atoms with van der Waals surface area (Å²) in [7, 11) is 1.37. The molecule has 0 aliphatic heterocycles. The number of nitro benzene ring substituents is 1. The van der Waals surface area contributed by atoms with Crippen LogP contribution in [0.1, 0.15) is 20.8 Å². The molecular formula is C12H15ClN2O5. The summed E-state index contributed by atoms with van der Waals surface area (Å²) in [6.07, 6.45) is -0.837. The molecule has 0 aliphatic carbocycles. The molecule has 8 heteroatoms. The Bertz CT molecular complexity index is 539. The van der Waals surface area contributed by atoms with Crippen LogP contribution in [0.15, 0.2) is 12.1 Å². The Balaban J connectivity index is 3.15. The minimum Gasteiger partial charge on any atom is -0.495 e. The van der Waals surface area contributed by atoms with Crippen LogP contribution < -0.4 is 10.1 Å². The van der Waals surface area contributed by atoms with Gasteiger partial charge < -0.3 is 9.47 Å². The van der Waals surface area contributed by atoms with Crippen molar-refractivity contribution >= 4 is 29.1 Å². The first kappa shape index (κ1) is 16.0. The Morgan fingerprint density at radius 1 is 1.40 bits per heavy atom. The van der Waals surface area contributed by atoms with Gasteiger partial charge in [0, 0.05) is 6.07 Å². The van der Waals surface area contributed by atoms with Gasteiger partial charge in [-0.05, 0) is 26.8 Å². The van der Waals surface area contributed by atoms with Crippen LogP contribution >= 0.6 is 11.6 Å². The number of hydrogen-bond acceptors (Lipinski definition) is 5. The number of methoxy groups -OCH3 is 1. The molecule has 0 aliphatic rings. The van der Waals surface area contributed by atoms with Gasteiger partial charge in [0.2, 0.25) is 0 Å². The second-order valence-electron chi connectivity index (χ2n) is 4.86. The largest absolute Gasteiger partial charge is 0.495 e. The number of carbonyl (C=O) groups is 1. The predicted molar refractivity (Wildman–Crippen MR) is 74.5 cm³/mol. The molecule has 0 saturated carbocycles. The molecule has 20 heavy (non-hydrogen) atoms. The molecule has 0 unspecified atom stereocenters. The second-order valence-corrected chi connectivity index (χ2v) is 5.24. The van der Waals surface area contributed by atoms with Crippen molar-refractivity contribution in [1.29, 1.82) is 0 Å². The summed E-state index contributed by atoms with van der Waals surface area (Å²) in [4.78, 5) is 22.0. The number of nitrogens with one attached hydrogen (secondary N) is 1. The zero-order valence-electron chi connectivity index (χ0n) is 11.5. The SMILES string of the molecule is COc1ccc([N+](=O)[O-])c(NC(=O)OC(C)(C)C)c1Cl. The average molecular weight is 303 g/mol. The van der Waals surface area contributed by atoms with Crippen LogP contribution in [0.5, 0.6) is 5.75 Å². The molecule has 0 bridgehead atoms. The summed E-state index contributed by atoms with van der Waals surface area (Å²) < 4.78 is 9.99. The number of nitro groups is 1. The molecular weight excluding hydrogens is 288 g/mol. The Kier molecular flexibility index (Phi) is 4.78. The van der Waals surface area contributed by atoms with Gasteiger partial charge in [0.05, 0.1) is 12.0 Å². The minimum absolute atomic E-state index is 0.0624. The van der Waals surface area contributed by atoms with Crippen molar-refractivity contribution < 1.29 is 19.2 Å². The van der Waals surface area contributed by atoms with Gasteiger partial charge >= 0.3 is 6.09 Å². The van der Waals surface area contributed by atoms with Crippen molar-refractivity contribution in [3.8, 4) is 5.75 Å². The normalized spacial score (nSPS) is 10.8. The molecule has 110 valence electrons. The van der Waals surface area contributed by atoms with E-state index in [2.05, 4.69) is 5.32 Å². The van der Waals surface area contributed by atoms with Crippen molar-refractivity contribution in [2.45, 2.75) is 26.4 Å². The lowest BCUT2D eigenvalue weighted by molar-refractivity contribution is -0.383. The maximum atomic E-state index is 11.7. The summed E-state index contributed by atoms with van der Waals surface area (Å²) in [5, 5.41) is 13.2. The molecule has 0 saturated heterocycles. The summed E-state index contributed by atoms with van der Waals surface area (Å²) in [5.74, 6) is 0.211. The van der Waals surface area contributed by atoms with Crippen molar-refractivity contribution in [3.05, 3.63) is 27.3 Å². The van der Waals surface area contributed by atoms with E-state index in [1.165, 1.54) is 19.2 Å². The maximum absolute atomic E-state index is 11.7. The lowest BCUT2D eigenvalue weighted by Crippen LogP contribution is -2.27. The Morgan fingerprint density at radius 3 is 2.45 bits per heavy atom. The molecule has 0 aromatic heterocycles. The lowest BCUT2D eigenvalue weighted by atomic mass is 10.2. The molecule has 0 spiro atoms. The van der Waals surface area contributed by atoms with Gasteiger partial charge in [0.25, 0.3) is 5.69 Å². The molecule has 1 aromatic carbocycles. The van der Waals surface area contributed by atoms with E-state index < -0.39 is 16.6 Å². The summed E-state index contributed by atoms with van der Waals surface area (Å²) in [5.41, 5.74) is -1.24. The number of hydrogen-bond donors (Lipinski definition) is 1. The highest BCUT2D eigenvalue weighted by Crippen LogP contribution is 2.39. The summed E-state index contributed by atoms with van der Waals surface area (Å²) in [6.45, 7) is 5.02. The molecule has 0 fully saturated rings. The number of anilines is 1. The van der Waals surface area contributed by atoms with E-state index in [1.54, 1.807) is 20.8 Å². The van der Waals surface area contributed by atoms with Gasteiger partial charge in [-0.1, -0.05) is 11.6 Å². The van der Waals surface area contributed by atoms with Crippen molar-refractivity contribution in [3.63, 3.8) is 0 Å². The average Bonchev–Trinajstić information content (AvgIpc) is 2.28. The summed E-state index contributed by atoms with van der Waals surface area (Å²) in [6, 6.07) is 2.54. The van der Waals surface area contributed by atoms with E-state index in [1.807, 2.05) is 0 Å². The zero-order chi connectivity index (χ0) is 15.5. The standard InChI is InChI=1S/C12H15ClN2O5/c1-12(2,3)20-11(16)14-10-7(15(17)18)5-6-8(19-4)9(10)13/h5-6H,1-4H3,(H,14,16). The van der Waals surface area contributed by atoms with E-state index in [-0.39, 0.29) is 22.1 Å². The number of amides is 1. The molecule has 1 N–H and O–H groups in total. The van der Waals surface area contributed by atoms with Gasteiger partial charge in [-0.25, -0.2) is 4.79 Å². The van der Waals surface area contributed by atoms with Gasteiger partial charge in [0.15, 0.2) is 0 Å². The quantitative estimate of drug-likeness (QED) is 0.680. The molecule has 0 atom stereocenters. The molecule has 7 nitrogen and oxygen atoms in total. The van der Waals surface area contributed by atoms with Crippen LogP contribution in [0.25, 0.3) is 0 Å². The van der Waals surface area contributed by atoms with Crippen molar-refractivity contribution in [2.24, 2.45) is 0 Å². The lowest BCUT2D eigenvalue weighted by Gasteiger charge is -2.20. The van der Waals surface area contributed by atoms with Gasteiger partial charge in [0.1, 0.15) is 22.1 Å². The van der Waals surface area contributed by atoms with Crippen LogP contribution in [0, 0.1) is 10.1 Å². The van der Waals surface area contributed by atoms with Crippen molar-refractivity contribution in [2.75, 3.05) is 12.4 Å². The highest BCUT2D eigenvalue weighted by Gasteiger charge is 2.24. The topological polar surface area (TPSA) is 90.7 Å². The van der Waals surface area contributed by atoms with E-state index in [4.69, 9.17) is 21.1 Å². The number of nitrogens with zero attached hydrogens (tertiary/aromatic N) is 1. The highest BCUT2D eigenvalue weighted by atomic mass is 35.5. The predicted octanol–water partition coefficient (Wildman–Crippen LogP) is 3.60. The number of ether oxygens (including phenoxy) is 2. The maximum Gasteiger partial charge on any atom is 0.412 e. The third-order valence-electron chi connectivity index (χ3n) is 2.13. The third-order valence-corrected chi connectivity index (χ3v) is 2.50.